The first-order valence-corrected chi connectivity index (χ1v) is 8.32. The van der Waals surface area contributed by atoms with Crippen LogP contribution in [0.25, 0.3) is 0 Å². The van der Waals surface area contributed by atoms with Crippen molar-refractivity contribution in [2.45, 2.75) is 51.1 Å². The van der Waals surface area contributed by atoms with Gasteiger partial charge in [-0.05, 0) is 30.7 Å². The second kappa shape index (κ2) is 7.64. The van der Waals surface area contributed by atoms with Gasteiger partial charge in [0.2, 0.25) is 0 Å². The standard InChI is InChI=1S/C19H28N2O2/c1-14(12-19(2,3)16-7-5-4-6-8-16)20-18(23)21-17-10-9-15(11-17)13-22/h4-10,14-15,17,22H,11-13H2,1-3H3,(H2,20,21,23)/t14?,15-,17+/m0/s1. The SMILES string of the molecule is CC(CC(C)(C)c1ccccc1)NC(=O)N[C@@H]1C=C[C@H](CO)C1. The molecule has 0 heterocycles. The van der Waals surface area contributed by atoms with Crippen LogP contribution in [0.15, 0.2) is 42.5 Å². The zero-order valence-electron chi connectivity index (χ0n) is 14.3. The molecular formula is C19H28N2O2. The minimum Gasteiger partial charge on any atom is -0.396 e. The van der Waals surface area contributed by atoms with E-state index < -0.39 is 0 Å². The van der Waals surface area contributed by atoms with Crippen LogP contribution in [-0.2, 0) is 5.41 Å². The molecule has 3 atom stereocenters. The van der Waals surface area contributed by atoms with E-state index in [1.54, 1.807) is 0 Å². The van der Waals surface area contributed by atoms with Crippen LogP contribution in [0, 0.1) is 5.92 Å². The summed E-state index contributed by atoms with van der Waals surface area (Å²) in [5.74, 6) is 0.162. The highest BCUT2D eigenvalue weighted by Gasteiger charge is 2.25. The van der Waals surface area contributed by atoms with Crippen LogP contribution >= 0.6 is 0 Å². The third-order valence-corrected chi connectivity index (χ3v) is 4.47. The van der Waals surface area contributed by atoms with Gasteiger partial charge in [-0.2, -0.15) is 0 Å². The number of hydrogen-bond donors (Lipinski definition) is 3. The second-order valence-electron chi connectivity index (χ2n) is 7.14. The van der Waals surface area contributed by atoms with E-state index in [1.165, 1.54) is 5.56 Å². The summed E-state index contributed by atoms with van der Waals surface area (Å²) in [5.41, 5.74) is 1.28. The molecule has 0 aromatic heterocycles. The molecule has 23 heavy (non-hydrogen) atoms. The van der Waals surface area contributed by atoms with Gasteiger partial charge in [0.05, 0.1) is 0 Å². The van der Waals surface area contributed by atoms with Crippen LogP contribution in [0.2, 0.25) is 0 Å². The molecule has 1 unspecified atom stereocenters. The van der Waals surface area contributed by atoms with Crippen LogP contribution < -0.4 is 10.6 Å². The minimum atomic E-state index is -0.144. The summed E-state index contributed by atoms with van der Waals surface area (Å²) in [6, 6.07) is 10.3. The normalized spacial score (nSPS) is 21.9. The molecule has 1 aromatic rings. The Morgan fingerprint density at radius 3 is 2.61 bits per heavy atom. The lowest BCUT2D eigenvalue weighted by molar-refractivity contribution is 0.227. The van der Waals surface area contributed by atoms with Crippen molar-refractivity contribution in [2.24, 2.45) is 5.92 Å². The summed E-state index contributed by atoms with van der Waals surface area (Å²) in [6.45, 7) is 6.57. The first kappa shape index (κ1) is 17.5. The summed E-state index contributed by atoms with van der Waals surface area (Å²) in [6.07, 6.45) is 5.56. The van der Waals surface area contributed by atoms with Crippen molar-refractivity contribution >= 4 is 6.03 Å². The Balaban J connectivity index is 1.81. The molecule has 126 valence electrons. The molecule has 0 aliphatic heterocycles. The van der Waals surface area contributed by atoms with Gasteiger partial charge >= 0.3 is 6.03 Å². The molecule has 4 nitrogen and oxygen atoms in total. The van der Waals surface area contributed by atoms with Gasteiger partial charge in [0.1, 0.15) is 0 Å². The molecule has 2 rings (SSSR count). The van der Waals surface area contributed by atoms with Crippen molar-refractivity contribution in [1.29, 1.82) is 0 Å². The van der Waals surface area contributed by atoms with Crippen LogP contribution in [-0.4, -0.2) is 29.8 Å². The number of carbonyl (C=O) groups is 1. The molecule has 1 aliphatic rings. The predicted octanol–water partition coefficient (Wildman–Crippen LogP) is 2.98. The fourth-order valence-electron chi connectivity index (χ4n) is 3.27. The quantitative estimate of drug-likeness (QED) is 0.707. The van der Waals surface area contributed by atoms with E-state index >= 15 is 0 Å². The summed E-state index contributed by atoms with van der Waals surface area (Å²) in [7, 11) is 0. The average Bonchev–Trinajstić information content (AvgIpc) is 2.94. The fourth-order valence-corrected chi connectivity index (χ4v) is 3.27. The van der Waals surface area contributed by atoms with Gasteiger partial charge < -0.3 is 15.7 Å². The molecule has 1 aliphatic carbocycles. The number of nitrogens with one attached hydrogen (secondary N) is 2. The molecule has 1 aromatic carbocycles. The Morgan fingerprint density at radius 2 is 2.00 bits per heavy atom. The van der Waals surface area contributed by atoms with Gasteiger partial charge in [-0.1, -0.05) is 56.3 Å². The van der Waals surface area contributed by atoms with Crippen molar-refractivity contribution in [1.82, 2.24) is 10.6 Å². The van der Waals surface area contributed by atoms with E-state index in [1.807, 2.05) is 37.3 Å². The van der Waals surface area contributed by atoms with Gasteiger partial charge in [0, 0.05) is 24.6 Å². The molecule has 0 fully saturated rings. The molecule has 2 amide bonds. The van der Waals surface area contributed by atoms with Gasteiger partial charge in [0.25, 0.3) is 0 Å². The minimum absolute atomic E-state index is 0.00318. The smallest absolute Gasteiger partial charge is 0.315 e. The predicted molar refractivity (Wildman–Crippen MR) is 93.3 cm³/mol. The number of urea groups is 1. The third-order valence-electron chi connectivity index (χ3n) is 4.47. The third kappa shape index (κ3) is 5.10. The Bertz CT molecular complexity index is 540. The van der Waals surface area contributed by atoms with Crippen molar-refractivity contribution in [3.63, 3.8) is 0 Å². The molecule has 0 radical (unpaired) electrons. The zero-order chi connectivity index (χ0) is 16.9. The summed E-state index contributed by atoms with van der Waals surface area (Å²) >= 11 is 0. The number of amides is 2. The summed E-state index contributed by atoms with van der Waals surface area (Å²) < 4.78 is 0. The highest BCUT2D eigenvalue weighted by Crippen LogP contribution is 2.28. The van der Waals surface area contributed by atoms with Crippen LogP contribution in [0.3, 0.4) is 0 Å². The summed E-state index contributed by atoms with van der Waals surface area (Å²) in [4.78, 5) is 12.1. The lowest BCUT2D eigenvalue weighted by Crippen LogP contribution is -2.46. The number of aliphatic hydroxyl groups excluding tert-OH is 1. The van der Waals surface area contributed by atoms with Crippen LogP contribution in [0.5, 0.6) is 0 Å². The topological polar surface area (TPSA) is 61.4 Å². The zero-order valence-corrected chi connectivity index (χ0v) is 14.3. The van der Waals surface area contributed by atoms with E-state index in [-0.39, 0.29) is 36.1 Å². The van der Waals surface area contributed by atoms with E-state index in [0.29, 0.717) is 0 Å². The Labute approximate surface area is 139 Å². The molecule has 0 saturated heterocycles. The molecule has 0 saturated carbocycles. The van der Waals surface area contributed by atoms with Gasteiger partial charge in [0.15, 0.2) is 0 Å². The van der Waals surface area contributed by atoms with Gasteiger partial charge in [-0.3, -0.25) is 0 Å². The van der Waals surface area contributed by atoms with Crippen LogP contribution in [0.1, 0.15) is 39.2 Å². The number of aliphatic hydroxyl groups is 1. The molecule has 3 N–H and O–H groups in total. The number of carbonyl (C=O) groups excluding carboxylic acids is 1. The monoisotopic (exact) mass is 316 g/mol. The average molecular weight is 316 g/mol. The lowest BCUT2D eigenvalue weighted by atomic mass is 9.79. The van der Waals surface area contributed by atoms with Crippen molar-refractivity contribution < 1.29 is 9.90 Å². The van der Waals surface area contributed by atoms with Crippen molar-refractivity contribution in [3.8, 4) is 0 Å². The molecule has 0 spiro atoms. The Kier molecular flexibility index (Phi) is 5.83. The van der Waals surface area contributed by atoms with E-state index in [0.717, 1.165) is 12.8 Å². The number of hydrogen-bond acceptors (Lipinski definition) is 2. The Morgan fingerprint density at radius 1 is 1.30 bits per heavy atom. The molecular weight excluding hydrogens is 288 g/mol. The lowest BCUT2D eigenvalue weighted by Gasteiger charge is -2.29. The maximum absolute atomic E-state index is 12.1. The van der Waals surface area contributed by atoms with E-state index in [2.05, 4.69) is 36.6 Å². The highest BCUT2D eigenvalue weighted by atomic mass is 16.3. The fraction of sp³-hybridized carbons (Fsp3) is 0.526. The first-order chi connectivity index (χ1) is 10.9. The Hall–Kier alpha value is -1.81. The first-order valence-electron chi connectivity index (χ1n) is 8.32. The maximum atomic E-state index is 12.1. The van der Waals surface area contributed by atoms with Crippen molar-refractivity contribution in [2.75, 3.05) is 6.61 Å². The maximum Gasteiger partial charge on any atom is 0.315 e. The largest absolute Gasteiger partial charge is 0.396 e. The second-order valence-corrected chi connectivity index (χ2v) is 7.14. The molecule has 0 bridgehead atoms. The van der Waals surface area contributed by atoms with Gasteiger partial charge in [-0.25, -0.2) is 4.79 Å². The van der Waals surface area contributed by atoms with Gasteiger partial charge in [-0.15, -0.1) is 0 Å². The van der Waals surface area contributed by atoms with E-state index in [4.69, 9.17) is 5.11 Å². The molecule has 4 heteroatoms. The van der Waals surface area contributed by atoms with Crippen LogP contribution in [0.4, 0.5) is 4.79 Å². The number of benzene rings is 1. The van der Waals surface area contributed by atoms with Crippen molar-refractivity contribution in [3.05, 3.63) is 48.0 Å². The highest BCUT2D eigenvalue weighted by molar-refractivity contribution is 5.74. The summed E-state index contributed by atoms with van der Waals surface area (Å²) in [5, 5.41) is 15.1. The van der Waals surface area contributed by atoms with E-state index in [9.17, 15) is 4.79 Å². The number of rotatable bonds is 6.